The molecule has 0 unspecified atom stereocenters. The topological polar surface area (TPSA) is 40.6 Å². The van der Waals surface area contributed by atoms with Crippen LogP contribution in [0, 0.1) is 12.3 Å². The number of hydrogen-bond donors (Lipinski definition) is 0. The maximum atomic E-state index is 12.3. The standard InChI is InChI=1S/C15H22N2O2S/c1-11-5-6-12(20-11)13(18)16-7-9-17(10-8-16)14(19)15(2,3)4/h5-6H,7-10H2,1-4H3. The number of amides is 2. The highest BCUT2D eigenvalue weighted by atomic mass is 32.1. The van der Waals surface area contributed by atoms with Crippen molar-refractivity contribution in [1.29, 1.82) is 0 Å². The molecular weight excluding hydrogens is 272 g/mol. The predicted octanol–water partition coefficient (Wildman–Crippen LogP) is 2.39. The van der Waals surface area contributed by atoms with Crippen LogP contribution in [0.1, 0.15) is 35.3 Å². The molecular formula is C15H22N2O2S. The largest absolute Gasteiger partial charge is 0.339 e. The fourth-order valence-corrected chi connectivity index (χ4v) is 3.13. The monoisotopic (exact) mass is 294 g/mol. The molecule has 0 bridgehead atoms. The first kappa shape index (κ1) is 15.0. The van der Waals surface area contributed by atoms with Crippen LogP contribution in [0.4, 0.5) is 0 Å². The third-order valence-electron chi connectivity index (χ3n) is 3.45. The van der Waals surface area contributed by atoms with Gasteiger partial charge < -0.3 is 9.80 Å². The number of carbonyl (C=O) groups excluding carboxylic acids is 2. The zero-order valence-electron chi connectivity index (χ0n) is 12.6. The summed E-state index contributed by atoms with van der Waals surface area (Å²) in [7, 11) is 0. The zero-order chi connectivity index (χ0) is 14.9. The molecule has 0 saturated carbocycles. The molecule has 5 heteroatoms. The van der Waals surface area contributed by atoms with E-state index in [4.69, 9.17) is 0 Å². The lowest BCUT2D eigenvalue weighted by atomic mass is 9.94. The molecule has 2 amide bonds. The van der Waals surface area contributed by atoms with Crippen LogP contribution >= 0.6 is 11.3 Å². The fourth-order valence-electron chi connectivity index (χ4n) is 2.29. The molecule has 0 spiro atoms. The molecule has 2 rings (SSSR count). The van der Waals surface area contributed by atoms with Crippen molar-refractivity contribution in [1.82, 2.24) is 9.80 Å². The lowest BCUT2D eigenvalue weighted by molar-refractivity contribution is -0.140. The molecule has 20 heavy (non-hydrogen) atoms. The summed E-state index contributed by atoms with van der Waals surface area (Å²) in [6.45, 7) is 10.3. The molecule has 0 aliphatic carbocycles. The molecule has 1 aliphatic heterocycles. The highest BCUT2D eigenvalue weighted by Gasteiger charge is 2.31. The second kappa shape index (κ2) is 5.56. The van der Waals surface area contributed by atoms with E-state index < -0.39 is 0 Å². The molecule has 1 aromatic rings. The van der Waals surface area contributed by atoms with Gasteiger partial charge in [0.1, 0.15) is 0 Å². The highest BCUT2D eigenvalue weighted by Crippen LogP contribution is 2.21. The van der Waals surface area contributed by atoms with Gasteiger partial charge in [0.05, 0.1) is 4.88 Å². The Morgan fingerprint density at radius 3 is 2.05 bits per heavy atom. The number of hydrogen-bond acceptors (Lipinski definition) is 3. The average molecular weight is 294 g/mol. The van der Waals surface area contributed by atoms with Crippen LogP contribution in [0.15, 0.2) is 12.1 Å². The van der Waals surface area contributed by atoms with Crippen LogP contribution in [0.3, 0.4) is 0 Å². The number of rotatable bonds is 1. The maximum Gasteiger partial charge on any atom is 0.264 e. The van der Waals surface area contributed by atoms with E-state index >= 15 is 0 Å². The van der Waals surface area contributed by atoms with E-state index in [1.807, 2.05) is 49.6 Å². The first-order valence-electron chi connectivity index (χ1n) is 6.94. The lowest BCUT2D eigenvalue weighted by Gasteiger charge is -2.37. The third-order valence-corrected chi connectivity index (χ3v) is 4.44. The Balaban J connectivity index is 1.95. The quantitative estimate of drug-likeness (QED) is 0.798. The van der Waals surface area contributed by atoms with Crippen molar-refractivity contribution in [2.75, 3.05) is 26.2 Å². The van der Waals surface area contributed by atoms with Crippen molar-refractivity contribution < 1.29 is 9.59 Å². The molecule has 2 heterocycles. The summed E-state index contributed by atoms with van der Waals surface area (Å²) >= 11 is 1.53. The van der Waals surface area contributed by atoms with Gasteiger partial charge in [-0.3, -0.25) is 9.59 Å². The van der Waals surface area contributed by atoms with Crippen molar-refractivity contribution in [3.8, 4) is 0 Å². The molecule has 1 saturated heterocycles. The number of aryl methyl sites for hydroxylation is 1. The van der Waals surface area contributed by atoms with Gasteiger partial charge >= 0.3 is 0 Å². The Morgan fingerprint density at radius 1 is 1.05 bits per heavy atom. The minimum atomic E-state index is -0.350. The minimum absolute atomic E-state index is 0.0888. The van der Waals surface area contributed by atoms with Gasteiger partial charge in [-0.15, -0.1) is 11.3 Å². The van der Waals surface area contributed by atoms with E-state index in [1.165, 1.54) is 11.3 Å². The summed E-state index contributed by atoms with van der Waals surface area (Å²) in [6, 6.07) is 3.85. The molecule has 0 N–H and O–H groups in total. The fraction of sp³-hybridized carbons (Fsp3) is 0.600. The summed E-state index contributed by atoms with van der Waals surface area (Å²) in [4.78, 5) is 30.2. The van der Waals surface area contributed by atoms with Crippen LogP contribution in [0.2, 0.25) is 0 Å². The summed E-state index contributed by atoms with van der Waals surface area (Å²) in [5.41, 5.74) is -0.350. The van der Waals surface area contributed by atoms with E-state index in [0.717, 1.165) is 9.75 Å². The van der Waals surface area contributed by atoms with Crippen LogP contribution in [-0.2, 0) is 4.79 Å². The van der Waals surface area contributed by atoms with Crippen LogP contribution in [-0.4, -0.2) is 47.8 Å². The second-order valence-corrected chi connectivity index (χ2v) is 7.53. The minimum Gasteiger partial charge on any atom is -0.339 e. The van der Waals surface area contributed by atoms with Crippen molar-refractivity contribution in [3.05, 3.63) is 21.9 Å². The van der Waals surface area contributed by atoms with Gasteiger partial charge in [0, 0.05) is 36.5 Å². The van der Waals surface area contributed by atoms with Gasteiger partial charge in [0.2, 0.25) is 5.91 Å². The second-order valence-electron chi connectivity index (χ2n) is 6.24. The third kappa shape index (κ3) is 3.20. The van der Waals surface area contributed by atoms with E-state index in [1.54, 1.807) is 0 Å². The molecule has 0 aromatic carbocycles. The van der Waals surface area contributed by atoms with Crippen LogP contribution in [0.5, 0.6) is 0 Å². The first-order chi connectivity index (χ1) is 9.29. The number of piperazine rings is 1. The SMILES string of the molecule is Cc1ccc(C(=O)N2CCN(C(=O)C(C)(C)C)CC2)s1. The first-order valence-corrected chi connectivity index (χ1v) is 7.76. The van der Waals surface area contributed by atoms with E-state index in [0.29, 0.717) is 26.2 Å². The van der Waals surface area contributed by atoms with Gasteiger partial charge in [-0.25, -0.2) is 0 Å². The van der Waals surface area contributed by atoms with Gasteiger partial charge in [-0.05, 0) is 19.1 Å². The van der Waals surface area contributed by atoms with E-state index in [9.17, 15) is 9.59 Å². The highest BCUT2D eigenvalue weighted by molar-refractivity contribution is 7.13. The summed E-state index contributed by atoms with van der Waals surface area (Å²) in [5.74, 6) is 0.252. The van der Waals surface area contributed by atoms with Gasteiger partial charge in [-0.1, -0.05) is 20.8 Å². The molecule has 0 atom stereocenters. The summed E-state index contributed by atoms with van der Waals surface area (Å²) in [5, 5.41) is 0. The van der Waals surface area contributed by atoms with Gasteiger partial charge in [0.25, 0.3) is 5.91 Å². The molecule has 110 valence electrons. The molecule has 1 fully saturated rings. The van der Waals surface area contributed by atoms with Crippen LogP contribution < -0.4 is 0 Å². The number of thiophene rings is 1. The van der Waals surface area contributed by atoms with Gasteiger partial charge in [0.15, 0.2) is 0 Å². The Hall–Kier alpha value is -1.36. The van der Waals surface area contributed by atoms with E-state index in [2.05, 4.69) is 0 Å². The Kier molecular flexibility index (Phi) is 4.18. The zero-order valence-corrected chi connectivity index (χ0v) is 13.4. The molecule has 4 nitrogen and oxygen atoms in total. The van der Waals surface area contributed by atoms with E-state index in [-0.39, 0.29) is 17.2 Å². The summed E-state index contributed by atoms with van der Waals surface area (Å²) in [6.07, 6.45) is 0. The Morgan fingerprint density at radius 2 is 1.60 bits per heavy atom. The smallest absolute Gasteiger partial charge is 0.264 e. The lowest BCUT2D eigenvalue weighted by Crippen LogP contribution is -2.52. The number of nitrogens with zero attached hydrogens (tertiary/aromatic N) is 2. The predicted molar refractivity (Wildman–Crippen MR) is 81.0 cm³/mol. The van der Waals surface area contributed by atoms with Gasteiger partial charge in [-0.2, -0.15) is 0 Å². The molecule has 1 aliphatic rings. The number of carbonyl (C=O) groups is 2. The summed E-state index contributed by atoms with van der Waals surface area (Å²) < 4.78 is 0. The Bertz CT molecular complexity index is 508. The molecule has 1 aromatic heterocycles. The normalized spacial score (nSPS) is 16.4. The van der Waals surface area contributed by atoms with Crippen molar-refractivity contribution in [2.24, 2.45) is 5.41 Å². The van der Waals surface area contributed by atoms with Crippen molar-refractivity contribution in [3.63, 3.8) is 0 Å². The average Bonchev–Trinajstić information content (AvgIpc) is 2.83. The van der Waals surface area contributed by atoms with Crippen LogP contribution in [0.25, 0.3) is 0 Å². The maximum absolute atomic E-state index is 12.3. The van der Waals surface area contributed by atoms with Crippen molar-refractivity contribution >= 4 is 23.2 Å². The molecule has 0 radical (unpaired) electrons. The Labute approximate surface area is 124 Å². The van der Waals surface area contributed by atoms with Crippen molar-refractivity contribution in [2.45, 2.75) is 27.7 Å².